The average Bonchev–Trinajstić information content (AvgIpc) is 2.82. The molecule has 0 saturated heterocycles. The van der Waals surface area contributed by atoms with Gasteiger partial charge in [-0.05, 0) is 42.0 Å². The summed E-state index contributed by atoms with van der Waals surface area (Å²) in [6, 6.07) is 14.8. The number of nitrogens with zero attached hydrogens (tertiary/aromatic N) is 1. The highest BCUT2D eigenvalue weighted by atomic mass is 19.4. The maximum absolute atomic E-state index is 15.6. The number of esters is 1. The number of methoxy groups -OCH3 is 1. The molecule has 0 heterocycles. The van der Waals surface area contributed by atoms with E-state index in [1.54, 1.807) is 0 Å². The van der Waals surface area contributed by atoms with Crippen molar-refractivity contribution in [3.63, 3.8) is 0 Å². The number of amides is 1. The van der Waals surface area contributed by atoms with Gasteiger partial charge in [-0.25, -0.2) is 4.79 Å². The summed E-state index contributed by atoms with van der Waals surface area (Å²) in [6.07, 6.45) is -5.50. The Balaban J connectivity index is 2.11. The lowest BCUT2D eigenvalue weighted by Crippen LogP contribution is -2.53. The number of alkyl halides is 5. The number of halogens is 5. The predicted molar refractivity (Wildman–Crippen MR) is 113 cm³/mol. The van der Waals surface area contributed by atoms with Gasteiger partial charge in [-0.2, -0.15) is 22.0 Å². The predicted octanol–water partition coefficient (Wildman–Crippen LogP) is 5.57. The number of rotatable bonds is 7. The van der Waals surface area contributed by atoms with Crippen LogP contribution in [0.15, 0.2) is 84.9 Å². The van der Waals surface area contributed by atoms with Gasteiger partial charge in [0.1, 0.15) is 17.5 Å². The molecule has 0 N–H and O–H groups in total. The molecule has 1 unspecified atom stereocenters. The average molecular weight is 479 g/mol. The van der Waals surface area contributed by atoms with Crippen molar-refractivity contribution in [1.29, 1.82) is 0 Å². The number of carbonyl (C=O) groups excluding carboxylic acids is 2. The summed E-state index contributed by atoms with van der Waals surface area (Å²) in [5, 5.41) is 0. The maximum Gasteiger partial charge on any atom is 0.471 e. The van der Waals surface area contributed by atoms with Gasteiger partial charge in [0.25, 0.3) is 0 Å². The van der Waals surface area contributed by atoms with Crippen molar-refractivity contribution in [2.24, 2.45) is 0 Å². The van der Waals surface area contributed by atoms with Crippen LogP contribution in [0, 0.1) is 0 Å². The van der Waals surface area contributed by atoms with Crippen molar-refractivity contribution in [3.05, 3.63) is 90.5 Å². The Kier molecular flexibility index (Phi) is 7.19. The second kappa shape index (κ2) is 9.90. The van der Waals surface area contributed by atoms with Crippen molar-refractivity contribution < 1.29 is 41.0 Å². The molecule has 3 aromatic rings. The minimum Gasteiger partial charge on any atom is -0.497 e. The fourth-order valence-electron chi connectivity index (χ4n) is 3.20. The minimum atomic E-state index is -5.50. The monoisotopic (exact) mass is 479 g/mol. The van der Waals surface area contributed by atoms with Crippen LogP contribution in [0.3, 0.4) is 0 Å². The van der Waals surface area contributed by atoms with Gasteiger partial charge in [-0.3, -0.25) is 9.69 Å². The fraction of sp³-hybridized carbons (Fsp3) is 0.167. The first-order valence-corrected chi connectivity index (χ1v) is 9.80. The summed E-state index contributed by atoms with van der Waals surface area (Å²) in [5.74, 6) is -9.21. The molecule has 10 heteroatoms. The molecule has 0 aliphatic carbocycles. The molecule has 0 aliphatic heterocycles. The fourth-order valence-corrected chi connectivity index (χ4v) is 3.20. The normalized spacial score (nSPS) is 12.5. The first kappa shape index (κ1) is 24.7. The largest absolute Gasteiger partial charge is 0.497 e. The molecule has 0 spiro atoms. The van der Waals surface area contributed by atoms with Crippen molar-refractivity contribution in [3.8, 4) is 11.5 Å². The summed E-state index contributed by atoms with van der Waals surface area (Å²) >= 11 is 0. The van der Waals surface area contributed by atoms with Gasteiger partial charge in [0.15, 0.2) is 0 Å². The topological polar surface area (TPSA) is 55.8 Å². The lowest BCUT2D eigenvalue weighted by molar-refractivity contribution is -0.176. The number of para-hydroxylation sites is 1. The van der Waals surface area contributed by atoms with Crippen LogP contribution in [-0.2, 0) is 9.59 Å². The number of carbonyl (C=O) groups is 2. The van der Waals surface area contributed by atoms with E-state index >= 15 is 8.78 Å². The van der Waals surface area contributed by atoms with E-state index in [0.29, 0.717) is 5.75 Å². The highest BCUT2D eigenvalue weighted by Gasteiger charge is 2.57. The van der Waals surface area contributed by atoms with E-state index in [1.165, 1.54) is 67.8 Å². The van der Waals surface area contributed by atoms with E-state index < -0.39 is 41.3 Å². The summed E-state index contributed by atoms with van der Waals surface area (Å²) in [7, 11) is 1.37. The summed E-state index contributed by atoms with van der Waals surface area (Å²) in [6.45, 7) is 0. The third kappa shape index (κ3) is 5.33. The quantitative estimate of drug-likeness (QED) is 0.253. The van der Waals surface area contributed by atoms with Gasteiger partial charge < -0.3 is 9.47 Å². The highest BCUT2D eigenvalue weighted by Crippen LogP contribution is 2.42. The minimum absolute atomic E-state index is 0.134. The standard InChI is InChI=1S/C24H18F5NO4/c1-33-18-12-14-19(15-13-18)34-22(32)23(25,26)20(16-8-4-2-5-9-16)30(21(31)24(27,28)29)17-10-6-3-7-11-17/h2-15,20H,1H3. The van der Waals surface area contributed by atoms with Crippen LogP contribution in [0.4, 0.5) is 27.6 Å². The van der Waals surface area contributed by atoms with Crippen molar-refractivity contribution >= 4 is 17.6 Å². The Bertz CT molecular complexity index is 1120. The molecule has 34 heavy (non-hydrogen) atoms. The first-order chi connectivity index (χ1) is 16.1. The zero-order chi connectivity index (χ0) is 24.9. The molecule has 0 bridgehead atoms. The third-order valence-corrected chi connectivity index (χ3v) is 4.75. The molecule has 3 rings (SSSR count). The number of ether oxygens (including phenoxy) is 2. The number of hydrogen-bond donors (Lipinski definition) is 0. The Labute approximate surface area is 191 Å². The molecular formula is C24H18F5NO4. The van der Waals surface area contributed by atoms with E-state index in [2.05, 4.69) is 0 Å². The molecule has 0 radical (unpaired) electrons. The molecule has 3 aromatic carbocycles. The molecule has 5 nitrogen and oxygen atoms in total. The van der Waals surface area contributed by atoms with Gasteiger partial charge >= 0.3 is 24.0 Å². The molecule has 0 saturated carbocycles. The zero-order valence-electron chi connectivity index (χ0n) is 17.6. The van der Waals surface area contributed by atoms with Gasteiger partial charge in [0, 0.05) is 5.69 Å². The summed E-state index contributed by atoms with van der Waals surface area (Å²) in [4.78, 5) is 24.8. The van der Waals surface area contributed by atoms with Crippen LogP contribution in [0.25, 0.3) is 0 Å². The Morgan fingerprint density at radius 3 is 1.76 bits per heavy atom. The second-order valence-electron chi connectivity index (χ2n) is 7.01. The molecule has 178 valence electrons. The van der Waals surface area contributed by atoms with E-state index in [-0.39, 0.29) is 10.6 Å². The Hall–Kier alpha value is -3.95. The van der Waals surface area contributed by atoms with Crippen LogP contribution in [-0.4, -0.2) is 31.1 Å². The molecule has 1 atom stereocenters. The number of anilines is 1. The zero-order valence-corrected chi connectivity index (χ0v) is 17.6. The van der Waals surface area contributed by atoms with Crippen LogP contribution in [0.5, 0.6) is 11.5 Å². The third-order valence-electron chi connectivity index (χ3n) is 4.75. The molecule has 0 aromatic heterocycles. The van der Waals surface area contributed by atoms with Crippen LogP contribution >= 0.6 is 0 Å². The second-order valence-corrected chi connectivity index (χ2v) is 7.01. The smallest absolute Gasteiger partial charge is 0.471 e. The van der Waals surface area contributed by atoms with Gasteiger partial charge in [-0.15, -0.1) is 0 Å². The van der Waals surface area contributed by atoms with E-state index in [0.717, 1.165) is 24.3 Å². The lowest BCUT2D eigenvalue weighted by atomic mass is 9.97. The Morgan fingerprint density at radius 1 is 0.765 bits per heavy atom. The highest BCUT2D eigenvalue weighted by molar-refractivity contribution is 5.99. The van der Waals surface area contributed by atoms with Gasteiger partial charge in [0.05, 0.1) is 7.11 Å². The van der Waals surface area contributed by atoms with E-state index in [4.69, 9.17) is 9.47 Å². The SMILES string of the molecule is COc1ccc(OC(=O)C(F)(F)C(c2ccccc2)N(C(=O)C(F)(F)F)c2ccccc2)cc1. The maximum atomic E-state index is 15.6. The molecule has 0 fully saturated rings. The van der Waals surface area contributed by atoms with Gasteiger partial charge in [-0.1, -0.05) is 48.5 Å². The summed E-state index contributed by atoms with van der Waals surface area (Å²) < 4.78 is 81.5. The molecular weight excluding hydrogens is 461 g/mol. The molecule has 0 aliphatic rings. The van der Waals surface area contributed by atoms with Crippen LogP contribution in [0.1, 0.15) is 11.6 Å². The van der Waals surface area contributed by atoms with E-state index in [9.17, 15) is 22.8 Å². The van der Waals surface area contributed by atoms with E-state index in [1.807, 2.05) is 0 Å². The van der Waals surface area contributed by atoms with Crippen LogP contribution < -0.4 is 14.4 Å². The molecule has 1 amide bonds. The van der Waals surface area contributed by atoms with Gasteiger partial charge in [0.2, 0.25) is 0 Å². The first-order valence-electron chi connectivity index (χ1n) is 9.80. The van der Waals surface area contributed by atoms with Crippen LogP contribution in [0.2, 0.25) is 0 Å². The van der Waals surface area contributed by atoms with Crippen molar-refractivity contribution in [1.82, 2.24) is 0 Å². The number of benzene rings is 3. The van der Waals surface area contributed by atoms with Crippen molar-refractivity contribution in [2.75, 3.05) is 12.0 Å². The summed E-state index contributed by atoms with van der Waals surface area (Å²) in [5.41, 5.74) is -0.878. The van der Waals surface area contributed by atoms with Crippen molar-refractivity contribution in [2.45, 2.75) is 18.1 Å². The Morgan fingerprint density at radius 2 is 1.26 bits per heavy atom. The lowest BCUT2D eigenvalue weighted by Gasteiger charge is -2.36. The number of hydrogen-bond acceptors (Lipinski definition) is 4.